The first kappa shape index (κ1) is 20.3. The van der Waals surface area contributed by atoms with Crippen LogP contribution >= 0.6 is 0 Å². The van der Waals surface area contributed by atoms with Gasteiger partial charge in [0.05, 0.1) is 25.3 Å². The van der Waals surface area contributed by atoms with Crippen molar-refractivity contribution in [2.75, 3.05) is 44.3 Å². The van der Waals surface area contributed by atoms with E-state index in [1.165, 1.54) is 0 Å². The number of urea groups is 1. The van der Waals surface area contributed by atoms with E-state index in [2.05, 4.69) is 15.5 Å². The van der Waals surface area contributed by atoms with Crippen molar-refractivity contribution in [3.05, 3.63) is 42.5 Å². The zero-order chi connectivity index (χ0) is 20.9. The molecule has 8 nitrogen and oxygen atoms in total. The Hall–Kier alpha value is -2.97. The molecule has 4 amide bonds. The SMILES string of the molecule is O=C(C[C@H]1NC(=O)N(c2cccc3ccccc23)C1=O)NCCCN1CCOCC1. The van der Waals surface area contributed by atoms with Gasteiger partial charge in [-0.1, -0.05) is 36.4 Å². The molecule has 0 unspecified atom stereocenters. The van der Waals surface area contributed by atoms with E-state index in [0.717, 1.165) is 54.9 Å². The molecule has 0 saturated carbocycles. The third-order valence-electron chi connectivity index (χ3n) is 5.49. The molecule has 30 heavy (non-hydrogen) atoms. The number of benzene rings is 2. The fourth-order valence-electron chi connectivity index (χ4n) is 3.91. The number of hydrogen-bond donors (Lipinski definition) is 2. The van der Waals surface area contributed by atoms with Crippen LogP contribution in [0.1, 0.15) is 12.8 Å². The van der Waals surface area contributed by atoms with Gasteiger partial charge in [0.15, 0.2) is 0 Å². The van der Waals surface area contributed by atoms with E-state index < -0.39 is 18.0 Å². The lowest BCUT2D eigenvalue weighted by Gasteiger charge is -2.26. The summed E-state index contributed by atoms with van der Waals surface area (Å²) < 4.78 is 5.32. The molecule has 8 heteroatoms. The molecule has 158 valence electrons. The molecule has 2 aromatic rings. The predicted octanol–water partition coefficient (Wildman–Crippen LogP) is 1.49. The van der Waals surface area contributed by atoms with E-state index in [1.807, 2.05) is 36.4 Å². The molecule has 0 aliphatic carbocycles. The van der Waals surface area contributed by atoms with Crippen LogP contribution in [-0.4, -0.2) is 68.2 Å². The van der Waals surface area contributed by atoms with Crippen molar-refractivity contribution in [1.29, 1.82) is 0 Å². The number of carbonyl (C=O) groups is 3. The van der Waals surface area contributed by atoms with E-state index in [1.54, 1.807) is 6.07 Å². The monoisotopic (exact) mass is 410 g/mol. The van der Waals surface area contributed by atoms with Crippen LogP contribution < -0.4 is 15.5 Å². The molecule has 2 fully saturated rings. The number of morpholine rings is 1. The summed E-state index contributed by atoms with van der Waals surface area (Å²) in [4.78, 5) is 41.1. The summed E-state index contributed by atoms with van der Waals surface area (Å²) in [5, 5.41) is 7.25. The maximum Gasteiger partial charge on any atom is 0.329 e. The molecular formula is C22H26N4O4. The predicted molar refractivity (Wildman–Crippen MR) is 113 cm³/mol. The van der Waals surface area contributed by atoms with Crippen molar-refractivity contribution in [1.82, 2.24) is 15.5 Å². The van der Waals surface area contributed by atoms with Gasteiger partial charge in [0.2, 0.25) is 5.91 Å². The fourth-order valence-corrected chi connectivity index (χ4v) is 3.91. The zero-order valence-electron chi connectivity index (χ0n) is 16.8. The number of nitrogens with one attached hydrogen (secondary N) is 2. The van der Waals surface area contributed by atoms with Crippen molar-refractivity contribution in [2.45, 2.75) is 18.9 Å². The van der Waals surface area contributed by atoms with Crippen molar-refractivity contribution in [2.24, 2.45) is 0 Å². The molecule has 4 rings (SSSR count). The Morgan fingerprint density at radius 2 is 1.87 bits per heavy atom. The first-order valence-corrected chi connectivity index (χ1v) is 10.3. The second kappa shape index (κ2) is 9.23. The Balaban J connectivity index is 1.32. The summed E-state index contributed by atoms with van der Waals surface area (Å²) in [5.41, 5.74) is 0.531. The van der Waals surface area contributed by atoms with Crippen molar-refractivity contribution in [3.8, 4) is 0 Å². The smallest absolute Gasteiger partial charge is 0.329 e. The summed E-state index contributed by atoms with van der Waals surface area (Å²) >= 11 is 0. The number of fused-ring (bicyclic) bond motifs is 1. The van der Waals surface area contributed by atoms with Crippen LogP contribution in [0.2, 0.25) is 0 Å². The van der Waals surface area contributed by atoms with Crippen LogP contribution in [0.25, 0.3) is 10.8 Å². The highest BCUT2D eigenvalue weighted by molar-refractivity contribution is 6.24. The lowest BCUT2D eigenvalue weighted by atomic mass is 10.1. The number of anilines is 1. The summed E-state index contributed by atoms with van der Waals surface area (Å²) in [5.74, 6) is -0.643. The number of nitrogens with zero attached hydrogens (tertiary/aromatic N) is 2. The summed E-state index contributed by atoms with van der Waals surface area (Å²) in [7, 11) is 0. The Kier molecular flexibility index (Phi) is 6.25. The lowest BCUT2D eigenvalue weighted by molar-refractivity contribution is -0.125. The van der Waals surface area contributed by atoms with E-state index in [-0.39, 0.29) is 12.3 Å². The Morgan fingerprint density at radius 1 is 1.10 bits per heavy atom. The highest BCUT2D eigenvalue weighted by Gasteiger charge is 2.40. The van der Waals surface area contributed by atoms with Gasteiger partial charge in [0.1, 0.15) is 6.04 Å². The van der Waals surface area contributed by atoms with Gasteiger partial charge >= 0.3 is 6.03 Å². The first-order chi connectivity index (χ1) is 14.6. The Bertz CT molecular complexity index is 936. The molecule has 2 saturated heterocycles. The highest BCUT2D eigenvalue weighted by atomic mass is 16.5. The number of amides is 4. The van der Waals surface area contributed by atoms with Crippen molar-refractivity contribution < 1.29 is 19.1 Å². The van der Waals surface area contributed by atoms with Gasteiger partial charge in [-0.2, -0.15) is 0 Å². The van der Waals surface area contributed by atoms with Crippen LogP contribution in [0.4, 0.5) is 10.5 Å². The van der Waals surface area contributed by atoms with E-state index in [0.29, 0.717) is 12.2 Å². The maximum atomic E-state index is 12.9. The summed E-state index contributed by atoms with van der Waals surface area (Å²) in [6, 6.07) is 11.7. The molecule has 1 atom stereocenters. The molecule has 0 radical (unpaired) electrons. The first-order valence-electron chi connectivity index (χ1n) is 10.3. The van der Waals surface area contributed by atoms with Crippen molar-refractivity contribution >= 4 is 34.3 Å². The van der Waals surface area contributed by atoms with E-state index >= 15 is 0 Å². The minimum Gasteiger partial charge on any atom is -0.379 e. The molecule has 0 spiro atoms. The summed E-state index contributed by atoms with van der Waals surface area (Å²) in [6.07, 6.45) is 0.766. The van der Waals surface area contributed by atoms with Crippen LogP contribution in [0.5, 0.6) is 0 Å². The minimum absolute atomic E-state index is 0.0661. The van der Waals surface area contributed by atoms with E-state index in [9.17, 15) is 14.4 Å². The number of ether oxygens (including phenoxy) is 1. The topological polar surface area (TPSA) is 91.0 Å². The van der Waals surface area contributed by atoms with Crippen LogP contribution in [-0.2, 0) is 14.3 Å². The molecule has 2 N–H and O–H groups in total. The van der Waals surface area contributed by atoms with Gasteiger partial charge in [-0.05, 0) is 24.4 Å². The fraction of sp³-hybridized carbons (Fsp3) is 0.409. The minimum atomic E-state index is -0.851. The van der Waals surface area contributed by atoms with Crippen LogP contribution in [0.3, 0.4) is 0 Å². The average Bonchev–Trinajstić information content (AvgIpc) is 3.04. The lowest BCUT2D eigenvalue weighted by Crippen LogP contribution is -2.39. The standard InChI is InChI=1S/C22H26N4O4/c27-20(23-9-4-10-25-11-13-30-14-12-25)15-18-21(28)26(22(29)24-18)19-8-3-6-16-5-1-2-7-17(16)19/h1-3,5-8,18H,4,9-15H2,(H,23,27)(H,24,29)/t18-/m1/s1. The third-order valence-corrected chi connectivity index (χ3v) is 5.49. The van der Waals surface area contributed by atoms with Gasteiger partial charge in [-0.3, -0.25) is 14.5 Å². The van der Waals surface area contributed by atoms with Gasteiger partial charge in [0, 0.05) is 25.0 Å². The molecule has 2 aliphatic heterocycles. The second-order valence-corrected chi connectivity index (χ2v) is 7.54. The maximum absolute atomic E-state index is 12.9. The average molecular weight is 410 g/mol. The number of carbonyl (C=O) groups excluding carboxylic acids is 3. The van der Waals surface area contributed by atoms with Gasteiger partial charge in [-0.15, -0.1) is 0 Å². The molecule has 0 bridgehead atoms. The summed E-state index contributed by atoms with van der Waals surface area (Å²) in [6.45, 7) is 4.78. The number of rotatable bonds is 7. The molecule has 2 aromatic carbocycles. The quantitative estimate of drug-likeness (QED) is 0.533. The molecule has 2 heterocycles. The van der Waals surface area contributed by atoms with E-state index in [4.69, 9.17) is 4.74 Å². The highest BCUT2D eigenvalue weighted by Crippen LogP contribution is 2.29. The van der Waals surface area contributed by atoms with Crippen molar-refractivity contribution in [3.63, 3.8) is 0 Å². The van der Waals surface area contributed by atoms with Crippen LogP contribution in [0.15, 0.2) is 42.5 Å². The van der Waals surface area contributed by atoms with Gasteiger partial charge < -0.3 is 15.4 Å². The molecular weight excluding hydrogens is 384 g/mol. The largest absolute Gasteiger partial charge is 0.379 e. The Labute approximate surface area is 175 Å². The molecule has 2 aliphatic rings. The van der Waals surface area contributed by atoms with Crippen LogP contribution in [0, 0.1) is 0 Å². The number of imide groups is 1. The third kappa shape index (κ3) is 4.44. The molecule has 0 aromatic heterocycles. The van der Waals surface area contributed by atoms with Gasteiger partial charge in [-0.25, -0.2) is 9.69 Å². The second-order valence-electron chi connectivity index (χ2n) is 7.54. The zero-order valence-corrected chi connectivity index (χ0v) is 16.8. The van der Waals surface area contributed by atoms with Gasteiger partial charge in [0.25, 0.3) is 5.91 Å². The number of hydrogen-bond acceptors (Lipinski definition) is 5. The normalized spacial score (nSPS) is 19.9. The Morgan fingerprint density at radius 3 is 2.70 bits per heavy atom.